The number of thiophene rings is 1. The number of nitrogens with two attached hydrogens (primary N) is 1. The molecule has 1 aromatic rings. The summed E-state index contributed by atoms with van der Waals surface area (Å²) in [6, 6.07) is 1.72. The zero-order valence-electron chi connectivity index (χ0n) is 10.4. The van der Waals surface area contributed by atoms with Crippen molar-refractivity contribution < 1.29 is 14.3 Å². The summed E-state index contributed by atoms with van der Waals surface area (Å²) in [5.41, 5.74) is 6.23. The quantitative estimate of drug-likeness (QED) is 0.818. The van der Waals surface area contributed by atoms with Crippen LogP contribution in [0, 0.1) is 11.8 Å². The number of hydrogen-bond donors (Lipinski definition) is 1. The zero-order chi connectivity index (χ0) is 13.3. The smallest absolute Gasteiger partial charge is 0.310 e. The summed E-state index contributed by atoms with van der Waals surface area (Å²) in [6.07, 6.45) is 0. The minimum atomic E-state index is -0.253. The van der Waals surface area contributed by atoms with E-state index >= 15 is 0 Å². The van der Waals surface area contributed by atoms with Crippen molar-refractivity contribution in [2.75, 3.05) is 25.9 Å². The van der Waals surface area contributed by atoms with Gasteiger partial charge in [0.1, 0.15) is 4.88 Å². The van der Waals surface area contributed by atoms with E-state index in [4.69, 9.17) is 10.5 Å². The van der Waals surface area contributed by atoms with Crippen molar-refractivity contribution in [3.8, 4) is 0 Å². The van der Waals surface area contributed by atoms with Crippen molar-refractivity contribution in [3.05, 3.63) is 16.3 Å². The van der Waals surface area contributed by atoms with Gasteiger partial charge >= 0.3 is 5.97 Å². The number of carbonyl (C=O) groups is 2. The van der Waals surface area contributed by atoms with E-state index in [1.165, 1.54) is 18.4 Å². The lowest BCUT2D eigenvalue weighted by Gasteiger charge is -2.15. The average molecular weight is 268 g/mol. The van der Waals surface area contributed by atoms with Gasteiger partial charge in [-0.25, -0.2) is 0 Å². The number of amides is 1. The lowest BCUT2D eigenvalue weighted by Crippen LogP contribution is -2.30. The van der Waals surface area contributed by atoms with Crippen LogP contribution in [0.1, 0.15) is 16.6 Å². The topological polar surface area (TPSA) is 72.6 Å². The molecule has 6 heteroatoms. The van der Waals surface area contributed by atoms with Crippen LogP contribution in [0.5, 0.6) is 0 Å². The van der Waals surface area contributed by atoms with Crippen LogP contribution in [0.25, 0.3) is 0 Å². The molecule has 0 aromatic carbocycles. The monoisotopic (exact) mass is 268 g/mol. The minimum absolute atomic E-state index is 0.0965. The highest BCUT2D eigenvalue weighted by Gasteiger charge is 2.38. The average Bonchev–Trinajstić information content (AvgIpc) is 2.93. The minimum Gasteiger partial charge on any atom is -0.469 e. The van der Waals surface area contributed by atoms with E-state index in [1.54, 1.807) is 16.3 Å². The summed E-state index contributed by atoms with van der Waals surface area (Å²) in [4.78, 5) is 26.0. The van der Waals surface area contributed by atoms with E-state index < -0.39 is 0 Å². The first-order chi connectivity index (χ1) is 8.54. The Morgan fingerprint density at radius 2 is 2.22 bits per heavy atom. The van der Waals surface area contributed by atoms with Crippen LogP contribution in [0.3, 0.4) is 0 Å². The Kier molecular flexibility index (Phi) is 3.56. The number of esters is 1. The third-order valence-electron chi connectivity index (χ3n) is 3.29. The van der Waals surface area contributed by atoms with Gasteiger partial charge in [-0.3, -0.25) is 9.59 Å². The van der Waals surface area contributed by atoms with Crippen molar-refractivity contribution in [3.63, 3.8) is 0 Å². The number of nitrogens with zero attached hydrogens (tertiary/aromatic N) is 1. The molecular weight excluding hydrogens is 252 g/mol. The van der Waals surface area contributed by atoms with Gasteiger partial charge in [-0.15, -0.1) is 11.3 Å². The van der Waals surface area contributed by atoms with Crippen LogP contribution in [0.2, 0.25) is 0 Å². The number of nitrogen functional groups attached to an aromatic ring is 1. The molecule has 1 aliphatic rings. The first-order valence-electron chi connectivity index (χ1n) is 5.74. The predicted molar refractivity (Wildman–Crippen MR) is 69.3 cm³/mol. The Morgan fingerprint density at radius 3 is 2.78 bits per heavy atom. The third kappa shape index (κ3) is 2.20. The van der Waals surface area contributed by atoms with E-state index in [2.05, 4.69) is 0 Å². The Balaban J connectivity index is 2.11. The maximum absolute atomic E-state index is 12.2. The van der Waals surface area contributed by atoms with Gasteiger partial charge in [0, 0.05) is 13.1 Å². The van der Waals surface area contributed by atoms with Gasteiger partial charge in [0.15, 0.2) is 0 Å². The molecule has 0 radical (unpaired) electrons. The number of anilines is 1. The second kappa shape index (κ2) is 4.97. The van der Waals surface area contributed by atoms with Crippen LogP contribution in [0.15, 0.2) is 11.4 Å². The highest BCUT2D eigenvalue weighted by molar-refractivity contribution is 7.12. The van der Waals surface area contributed by atoms with Gasteiger partial charge in [0.2, 0.25) is 0 Å². The Hall–Kier alpha value is -1.56. The molecule has 0 aliphatic carbocycles. The number of likely N-dealkylation sites (tertiary alicyclic amines) is 1. The van der Waals surface area contributed by atoms with Crippen LogP contribution < -0.4 is 5.73 Å². The molecule has 0 spiro atoms. The van der Waals surface area contributed by atoms with Crippen molar-refractivity contribution >= 4 is 28.9 Å². The van der Waals surface area contributed by atoms with Crippen LogP contribution in [-0.4, -0.2) is 37.0 Å². The summed E-state index contributed by atoms with van der Waals surface area (Å²) in [5.74, 6) is -0.472. The summed E-state index contributed by atoms with van der Waals surface area (Å²) >= 11 is 1.33. The SMILES string of the molecule is COC(=O)C1CN(C(=O)c2sccc2N)CC1C. The lowest BCUT2D eigenvalue weighted by atomic mass is 9.99. The van der Waals surface area contributed by atoms with Crippen molar-refractivity contribution in [1.82, 2.24) is 4.90 Å². The maximum atomic E-state index is 12.2. The Labute approximate surface area is 110 Å². The molecule has 2 rings (SSSR count). The molecule has 1 amide bonds. The van der Waals surface area contributed by atoms with Gasteiger partial charge in [-0.1, -0.05) is 6.92 Å². The van der Waals surface area contributed by atoms with Gasteiger partial charge in [0.25, 0.3) is 5.91 Å². The molecule has 98 valence electrons. The molecule has 0 bridgehead atoms. The highest BCUT2D eigenvalue weighted by atomic mass is 32.1. The summed E-state index contributed by atoms with van der Waals surface area (Å²) in [6.45, 7) is 2.92. The summed E-state index contributed by atoms with van der Waals surface area (Å²) < 4.78 is 4.75. The molecule has 2 unspecified atom stereocenters. The van der Waals surface area contributed by atoms with Gasteiger partial charge < -0.3 is 15.4 Å². The number of hydrogen-bond acceptors (Lipinski definition) is 5. The molecule has 2 atom stereocenters. The fourth-order valence-corrected chi connectivity index (χ4v) is 3.01. The van der Waals surface area contributed by atoms with E-state index in [0.29, 0.717) is 23.7 Å². The fraction of sp³-hybridized carbons (Fsp3) is 0.500. The molecule has 5 nitrogen and oxygen atoms in total. The molecule has 2 N–H and O–H groups in total. The molecule has 1 saturated heterocycles. The van der Waals surface area contributed by atoms with Crippen molar-refractivity contribution in [1.29, 1.82) is 0 Å². The molecule has 18 heavy (non-hydrogen) atoms. The van der Waals surface area contributed by atoms with E-state index in [9.17, 15) is 9.59 Å². The van der Waals surface area contributed by atoms with Crippen LogP contribution in [-0.2, 0) is 9.53 Å². The van der Waals surface area contributed by atoms with Gasteiger partial charge in [-0.2, -0.15) is 0 Å². The second-order valence-electron chi connectivity index (χ2n) is 4.52. The second-order valence-corrected chi connectivity index (χ2v) is 5.44. The first kappa shape index (κ1) is 12.9. The van der Waals surface area contributed by atoms with E-state index in [0.717, 1.165) is 0 Å². The maximum Gasteiger partial charge on any atom is 0.310 e. The Morgan fingerprint density at radius 1 is 1.50 bits per heavy atom. The van der Waals surface area contributed by atoms with Crippen molar-refractivity contribution in [2.24, 2.45) is 11.8 Å². The lowest BCUT2D eigenvalue weighted by molar-refractivity contribution is -0.145. The largest absolute Gasteiger partial charge is 0.469 e. The Bertz CT molecular complexity index is 472. The molecule has 0 saturated carbocycles. The molecule has 1 aromatic heterocycles. The van der Waals surface area contributed by atoms with E-state index in [1.807, 2.05) is 6.92 Å². The zero-order valence-corrected chi connectivity index (χ0v) is 11.2. The number of methoxy groups -OCH3 is 1. The van der Waals surface area contributed by atoms with E-state index in [-0.39, 0.29) is 23.7 Å². The van der Waals surface area contributed by atoms with Crippen molar-refractivity contribution in [2.45, 2.75) is 6.92 Å². The fourth-order valence-electron chi connectivity index (χ4n) is 2.23. The summed E-state index contributed by atoms with van der Waals surface area (Å²) in [7, 11) is 1.37. The molecular formula is C12H16N2O3S. The number of ether oxygens (including phenoxy) is 1. The van der Waals surface area contributed by atoms with Crippen LogP contribution >= 0.6 is 11.3 Å². The first-order valence-corrected chi connectivity index (χ1v) is 6.62. The number of carbonyl (C=O) groups excluding carboxylic acids is 2. The standard InChI is InChI=1S/C12H16N2O3S/c1-7-5-14(6-8(7)12(16)17-2)11(15)10-9(13)3-4-18-10/h3-4,7-8H,5-6,13H2,1-2H3. The van der Waals surface area contributed by atoms with Crippen LogP contribution in [0.4, 0.5) is 5.69 Å². The predicted octanol–water partition coefficient (Wildman–Crippen LogP) is 1.21. The molecule has 1 aliphatic heterocycles. The molecule has 2 heterocycles. The normalized spacial score (nSPS) is 23.1. The van der Waals surface area contributed by atoms with Gasteiger partial charge in [0.05, 0.1) is 18.7 Å². The highest BCUT2D eigenvalue weighted by Crippen LogP contribution is 2.28. The summed E-state index contributed by atoms with van der Waals surface area (Å²) in [5, 5.41) is 1.79. The third-order valence-corrected chi connectivity index (χ3v) is 4.21. The molecule has 1 fully saturated rings. The van der Waals surface area contributed by atoms with Gasteiger partial charge in [-0.05, 0) is 17.4 Å². The number of rotatable bonds is 2.